The van der Waals surface area contributed by atoms with E-state index < -0.39 is 0 Å². The Kier molecular flexibility index (Phi) is 5.57. The number of para-hydroxylation sites is 1. The van der Waals surface area contributed by atoms with Crippen LogP contribution in [0.15, 0.2) is 30.3 Å². The van der Waals surface area contributed by atoms with Crippen LogP contribution in [0.1, 0.15) is 39.2 Å². The Morgan fingerprint density at radius 3 is 2.71 bits per heavy atom. The zero-order valence-corrected chi connectivity index (χ0v) is 13.7. The SMILES string of the molecule is CCCNCc1cc2ccccc2nc1N(C)C(C)CC. The average Bonchev–Trinajstić information content (AvgIpc) is 2.53. The smallest absolute Gasteiger partial charge is 0.133 e. The lowest BCUT2D eigenvalue weighted by atomic mass is 10.1. The van der Waals surface area contributed by atoms with Gasteiger partial charge in [0, 0.05) is 30.6 Å². The van der Waals surface area contributed by atoms with Gasteiger partial charge in [0.1, 0.15) is 5.82 Å². The zero-order chi connectivity index (χ0) is 15.2. The molecular weight excluding hydrogens is 258 g/mol. The highest BCUT2D eigenvalue weighted by Crippen LogP contribution is 2.24. The molecule has 1 atom stereocenters. The fraction of sp³-hybridized carbons (Fsp3) is 0.500. The number of benzene rings is 1. The van der Waals surface area contributed by atoms with E-state index in [0.717, 1.165) is 37.3 Å². The molecule has 3 nitrogen and oxygen atoms in total. The summed E-state index contributed by atoms with van der Waals surface area (Å²) in [7, 11) is 2.15. The molecule has 0 saturated heterocycles. The molecule has 2 aromatic rings. The molecular formula is C18H27N3. The van der Waals surface area contributed by atoms with E-state index in [1.54, 1.807) is 0 Å². The number of aromatic nitrogens is 1. The molecule has 0 amide bonds. The third kappa shape index (κ3) is 3.73. The van der Waals surface area contributed by atoms with Gasteiger partial charge in [-0.2, -0.15) is 0 Å². The monoisotopic (exact) mass is 285 g/mol. The second-order valence-electron chi connectivity index (χ2n) is 5.71. The van der Waals surface area contributed by atoms with Gasteiger partial charge < -0.3 is 10.2 Å². The fourth-order valence-corrected chi connectivity index (χ4v) is 2.47. The summed E-state index contributed by atoms with van der Waals surface area (Å²) in [4.78, 5) is 7.21. The molecule has 0 aliphatic rings. The number of hydrogen-bond donors (Lipinski definition) is 1. The average molecular weight is 285 g/mol. The summed E-state index contributed by atoms with van der Waals surface area (Å²) in [6, 6.07) is 11.1. The number of pyridine rings is 1. The number of nitrogens with one attached hydrogen (secondary N) is 1. The van der Waals surface area contributed by atoms with Gasteiger partial charge in [-0.05, 0) is 38.4 Å². The van der Waals surface area contributed by atoms with Crippen molar-refractivity contribution in [2.45, 2.75) is 46.2 Å². The largest absolute Gasteiger partial charge is 0.357 e. The number of nitrogens with zero attached hydrogens (tertiary/aromatic N) is 2. The molecule has 0 fully saturated rings. The van der Waals surface area contributed by atoms with Crippen LogP contribution in [0.25, 0.3) is 10.9 Å². The Hall–Kier alpha value is -1.61. The van der Waals surface area contributed by atoms with Crippen molar-refractivity contribution in [1.29, 1.82) is 0 Å². The Balaban J connectivity index is 2.40. The molecule has 1 heterocycles. The first kappa shape index (κ1) is 15.8. The van der Waals surface area contributed by atoms with Crippen LogP contribution in [0.3, 0.4) is 0 Å². The van der Waals surface area contributed by atoms with Crippen LogP contribution in [0.2, 0.25) is 0 Å². The Morgan fingerprint density at radius 2 is 2.00 bits per heavy atom. The molecule has 1 aromatic heterocycles. The molecule has 2 rings (SSSR count). The van der Waals surface area contributed by atoms with Gasteiger partial charge in [-0.1, -0.05) is 32.0 Å². The second-order valence-corrected chi connectivity index (χ2v) is 5.71. The normalized spacial score (nSPS) is 12.6. The minimum Gasteiger partial charge on any atom is -0.357 e. The summed E-state index contributed by atoms with van der Waals surface area (Å²) in [5, 5.41) is 4.72. The molecule has 1 unspecified atom stereocenters. The molecule has 21 heavy (non-hydrogen) atoms. The van der Waals surface area contributed by atoms with Gasteiger partial charge in [-0.25, -0.2) is 4.98 Å². The van der Waals surface area contributed by atoms with Crippen LogP contribution in [0, 0.1) is 0 Å². The van der Waals surface area contributed by atoms with E-state index in [1.807, 2.05) is 0 Å². The van der Waals surface area contributed by atoms with Crippen LogP contribution in [-0.4, -0.2) is 24.6 Å². The van der Waals surface area contributed by atoms with Crippen molar-refractivity contribution >= 4 is 16.7 Å². The topological polar surface area (TPSA) is 28.2 Å². The Bertz CT molecular complexity index is 580. The molecule has 114 valence electrons. The predicted octanol–water partition coefficient (Wildman–Crippen LogP) is 3.97. The molecule has 0 aliphatic heterocycles. The van der Waals surface area contributed by atoms with Crippen molar-refractivity contribution in [3.05, 3.63) is 35.9 Å². The van der Waals surface area contributed by atoms with Gasteiger partial charge in [0.2, 0.25) is 0 Å². The first-order chi connectivity index (χ1) is 10.2. The molecule has 3 heteroatoms. The fourth-order valence-electron chi connectivity index (χ4n) is 2.47. The van der Waals surface area contributed by atoms with Crippen molar-refractivity contribution < 1.29 is 0 Å². The highest BCUT2D eigenvalue weighted by molar-refractivity contribution is 5.81. The van der Waals surface area contributed by atoms with Gasteiger partial charge in [-0.15, -0.1) is 0 Å². The van der Waals surface area contributed by atoms with Crippen molar-refractivity contribution in [2.24, 2.45) is 0 Å². The lowest BCUT2D eigenvalue weighted by Crippen LogP contribution is -2.30. The lowest BCUT2D eigenvalue weighted by molar-refractivity contribution is 0.641. The molecule has 1 aromatic carbocycles. The summed E-state index contributed by atoms with van der Waals surface area (Å²) in [5.41, 5.74) is 2.35. The number of hydrogen-bond acceptors (Lipinski definition) is 3. The van der Waals surface area contributed by atoms with Gasteiger partial charge in [-0.3, -0.25) is 0 Å². The second kappa shape index (κ2) is 7.41. The van der Waals surface area contributed by atoms with Crippen molar-refractivity contribution in [1.82, 2.24) is 10.3 Å². The van der Waals surface area contributed by atoms with Crippen molar-refractivity contribution in [2.75, 3.05) is 18.5 Å². The minimum absolute atomic E-state index is 0.489. The maximum atomic E-state index is 4.91. The molecule has 0 radical (unpaired) electrons. The Labute approximate surface area is 128 Å². The standard InChI is InChI=1S/C18H27N3/c1-5-11-19-13-16-12-15-9-7-8-10-17(15)20-18(16)21(4)14(3)6-2/h7-10,12,14,19H,5-6,11,13H2,1-4H3. The highest BCUT2D eigenvalue weighted by atomic mass is 15.2. The van der Waals surface area contributed by atoms with Crippen LogP contribution in [-0.2, 0) is 6.54 Å². The minimum atomic E-state index is 0.489. The van der Waals surface area contributed by atoms with E-state index in [4.69, 9.17) is 4.98 Å². The van der Waals surface area contributed by atoms with Crippen LogP contribution in [0.4, 0.5) is 5.82 Å². The van der Waals surface area contributed by atoms with E-state index in [9.17, 15) is 0 Å². The molecule has 0 saturated carbocycles. The predicted molar refractivity (Wildman–Crippen MR) is 91.9 cm³/mol. The van der Waals surface area contributed by atoms with Crippen LogP contribution < -0.4 is 10.2 Å². The van der Waals surface area contributed by atoms with Crippen LogP contribution >= 0.6 is 0 Å². The van der Waals surface area contributed by atoms with Gasteiger partial charge in [0.25, 0.3) is 0 Å². The van der Waals surface area contributed by atoms with Crippen molar-refractivity contribution in [3.63, 3.8) is 0 Å². The lowest BCUT2D eigenvalue weighted by Gasteiger charge is -2.27. The van der Waals surface area contributed by atoms with E-state index in [0.29, 0.717) is 6.04 Å². The van der Waals surface area contributed by atoms with Gasteiger partial charge in [0.05, 0.1) is 5.52 Å². The highest BCUT2D eigenvalue weighted by Gasteiger charge is 2.14. The maximum Gasteiger partial charge on any atom is 0.133 e. The number of anilines is 1. The molecule has 1 N–H and O–H groups in total. The van der Waals surface area contributed by atoms with Crippen molar-refractivity contribution in [3.8, 4) is 0 Å². The Morgan fingerprint density at radius 1 is 1.24 bits per heavy atom. The van der Waals surface area contributed by atoms with E-state index in [2.05, 4.69) is 68.4 Å². The summed E-state index contributed by atoms with van der Waals surface area (Å²) < 4.78 is 0. The molecule has 0 bridgehead atoms. The quantitative estimate of drug-likeness (QED) is 0.780. The van der Waals surface area contributed by atoms with Gasteiger partial charge >= 0.3 is 0 Å². The van der Waals surface area contributed by atoms with E-state index >= 15 is 0 Å². The molecule has 0 aliphatic carbocycles. The maximum absolute atomic E-state index is 4.91. The van der Waals surface area contributed by atoms with E-state index in [1.165, 1.54) is 10.9 Å². The summed E-state index contributed by atoms with van der Waals surface area (Å²) in [6.45, 7) is 8.58. The van der Waals surface area contributed by atoms with Gasteiger partial charge in [0.15, 0.2) is 0 Å². The zero-order valence-electron chi connectivity index (χ0n) is 13.7. The first-order valence-corrected chi connectivity index (χ1v) is 7.99. The number of fused-ring (bicyclic) bond motifs is 1. The van der Waals surface area contributed by atoms with Crippen LogP contribution in [0.5, 0.6) is 0 Å². The van der Waals surface area contributed by atoms with E-state index in [-0.39, 0.29) is 0 Å². The first-order valence-electron chi connectivity index (χ1n) is 7.99. The summed E-state index contributed by atoms with van der Waals surface area (Å²) in [6.07, 6.45) is 2.27. The third-order valence-corrected chi connectivity index (χ3v) is 4.11. The third-order valence-electron chi connectivity index (χ3n) is 4.11. The number of rotatable bonds is 7. The molecule has 0 spiro atoms. The summed E-state index contributed by atoms with van der Waals surface area (Å²) in [5.74, 6) is 1.10. The summed E-state index contributed by atoms with van der Waals surface area (Å²) >= 11 is 0.